The summed E-state index contributed by atoms with van der Waals surface area (Å²) in [6.07, 6.45) is 6.81. The Labute approximate surface area is 233 Å². The van der Waals surface area contributed by atoms with Gasteiger partial charge in [-0.15, -0.1) is 60.2 Å². The van der Waals surface area contributed by atoms with Crippen LogP contribution >= 0.6 is 0 Å². The van der Waals surface area contributed by atoms with Crippen molar-refractivity contribution in [1.29, 1.82) is 0 Å². The maximum atomic E-state index is 4.22. The molecule has 0 aliphatic heterocycles. The smallest absolute Gasteiger partial charge is 0.150 e. The Bertz CT molecular complexity index is 1090. The van der Waals surface area contributed by atoms with Crippen LogP contribution < -0.4 is 4.57 Å². The zero-order chi connectivity index (χ0) is 24.7. The van der Waals surface area contributed by atoms with Gasteiger partial charge in [-0.1, -0.05) is 24.3 Å². The molecule has 183 valence electrons. The second-order valence-corrected chi connectivity index (χ2v) is 7.49. The Morgan fingerprint density at radius 2 is 1.03 bits per heavy atom. The number of benzene rings is 4. The zero-order valence-corrected chi connectivity index (χ0v) is 22.5. The Morgan fingerprint density at radius 1 is 0.486 bits per heavy atom. The summed E-state index contributed by atoms with van der Waals surface area (Å²) >= 11 is 0. The van der Waals surface area contributed by atoms with Crippen LogP contribution in [-0.2, 0) is 20.1 Å². The van der Waals surface area contributed by atoms with Crippen LogP contribution in [-0.4, -0.2) is 4.98 Å². The maximum Gasteiger partial charge on any atom is 0.150 e. The van der Waals surface area contributed by atoms with Crippen LogP contribution in [0.1, 0.15) is 0 Å². The van der Waals surface area contributed by atoms with Crippen molar-refractivity contribution in [3.8, 4) is 28.1 Å². The van der Waals surface area contributed by atoms with E-state index in [1.807, 2.05) is 144 Å². The molecule has 0 amide bonds. The third kappa shape index (κ3) is 9.09. The molecule has 0 aliphatic rings. The van der Waals surface area contributed by atoms with Crippen molar-refractivity contribution >= 4 is 0 Å². The van der Waals surface area contributed by atoms with Crippen molar-refractivity contribution in [3.05, 3.63) is 176 Å². The molecule has 6 aromatic rings. The molecule has 37 heavy (non-hydrogen) atoms. The molecule has 0 unspecified atom stereocenters. The fourth-order valence-electron chi connectivity index (χ4n) is 3.24. The second kappa shape index (κ2) is 15.7. The van der Waals surface area contributed by atoms with Gasteiger partial charge >= 0.3 is 0 Å². The van der Waals surface area contributed by atoms with Crippen LogP contribution in [0.3, 0.4) is 0 Å². The Balaban J connectivity index is 0.000000152. The van der Waals surface area contributed by atoms with E-state index in [1.165, 1.54) is 0 Å². The van der Waals surface area contributed by atoms with Crippen LogP contribution in [0.2, 0.25) is 0 Å². The van der Waals surface area contributed by atoms with Crippen molar-refractivity contribution in [1.82, 2.24) is 4.98 Å². The number of aromatic nitrogens is 2. The van der Waals surface area contributed by atoms with Gasteiger partial charge < -0.3 is 9.55 Å². The number of pyridine rings is 2. The molecule has 0 spiro atoms. The van der Waals surface area contributed by atoms with Crippen molar-refractivity contribution in [2.24, 2.45) is 0 Å². The number of para-hydroxylation sites is 1. The third-order valence-electron chi connectivity index (χ3n) is 4.97. The molecule has 4 aromatic carbocycles. The minimum Gasteiger partial charge on any atom is -0.307 e. The van der Waals surface area contributed by atoms with Gasteiger partial charge in [0.2, 0.25) is 0 Å². The molecule has 0 saturated heterocycles. The molecule has 2 aromatic heterocycles. The van der Waals surface area contributed by atoms with Gasteiger partial charge in [0.25, 0.3) is 0 Å². The predicted octanol–water partition coefficient (Wildman–Crippen LogP) is 7.06. The van der Waals surface area contributed by atoms with Gasteiger partial charge in [0.05, 0.1) is 6.20 Å². The molecule has 0 saturated carbocycles. The summed E-state index contributed by atoms with van der Waals surface area (Å²) in [5.41, 5.74) is 5.21. The molecule has 0 bridgehead atoms. The summed E-state index contributed by atoms with van der Waals surface area (Å²) in [6.45, 7) is 0. The average Bonchev–Trinajstić information content (AvgIpc) is 3.01. The van der Waals surface area contributed by atoms with Gasteiger partial charge in [0.1, 0.15) is 6.20 Å². The van der Waals surface area contributed by atoms with E-state index in [-0.39, 0.29) is 20.1 Å². The van der Waals surface area contributed by atoms with Gasteiger partial charge in [-0.2, -0.15) is 72.8 Å². The molecule has 0 atom stereocenters. The largest absolute Gasteiger partial charge is 0.307 e. The maximum absolute atomic E-state index is 4.22. The molecule has 3 heteroatoms. The van der Waals surface area contributed by atoms with Gasteiger partial charge in [0.15, 0.2) is 0 Å². The van der Waals surface area contributed by atoms with E-state index in [1.54, 1.807) is 6.20 Å². The average molecular weight is 653 g/mol. The number of hydrogen-bond donors (Lipinski definition) is 0. The van der Waals surface area contributed by atoms with Crippen LogP contribution in [0.5, 0.6) is 0 Å². The number of rotatable bonds is 3. The fraction of sp³-hybridized carbons (Fsp3) is 0. The quantitative estimate of drug-likeness (QED) is 0.148. The van der Waals surface area contributed by atoms with Gasteiger partial charge in [-0.05, 0) is 11.8 Å². The van der Waals surface area contributed by atoms with Gasteiger partial charge in [-0.3, -0.25) is 0 Å². The zero-order valence-electron chi connectivity index (χ0n) is 20.1. The molecular weight excluding hydrogens is 629 g/mol. The molecule has 0 N–H and O–H groups in total. The van der Waals surface area contributed by atoms with Crippen LogP contribution in [0.25, 0.3) is 28.1 Å². The van der Waals surface area contributed by atoms with E-state index in [4.69, 9.17) is 0 Å². The van der Waals surface area contributed by atoms with Crippen LogP contribution in [0.4, 0.5) is 0 Å². The van der Waals surface area contributed by atoms with Crippen LogP contribution in [0.15, 0.2) is 146 Å². The monoisotopic (exact) mass is 653 g/mol. The first-order valence-corrected chi connectivity index (χ1v) is 11.6. The SMILES string of the molecule is [Ir].[c-]1ccccc1-[n+]1[c-]cccc1.[c-]1ccccc1-c1[c-]cccc1.[c-]1ccccc1-c1ccccn1. The minimum atomic E-state index is 0. The molecular formula is C34H24IrN2-4. The first-order chi connectivity index (χ1) is 17.9. The van der Waals surface area contributed by atoms with E-state index in [0.717, 1.165) is 28.1 Å². The van der Waals surface area contributed by atoms with E-state index in [9.17, 15) is 0 Å². The molecule has 0 fully saturated rings. The van der Waals surface area contributed by atoms with Crippen LogP contribution in [0, 0.1) is 30.5 Å². The van der Waals surface area contributed by atoms with Crippen molar-refractivity contribution in [2.75, 3.05) is 0 Å². The van der Waals surface area contributed by atoms with Crippen molar-refractivity contribution in [2.45, 2.75) is 0 Å². The Hall–Kier alpha value is -4.17. The first kappa shape index (κ1) is 27.4. The Morgan fingerprint density at radius 3 is 1.49 bits per heavy atom. The van der Waals surface area contributed by atoms with Crippen molar-refractivity contribution in [3.63, 3.8) is 0 Å². The van der Waals surface area contributed by atoms with Gasteiger partial charge in [0, 0.05) is 32.0 Å². The summed E-state index contributed by atoms with van der Waals surface area (Å²) in [5, 5.41) is 0. The fourth-order valence-corrected chi connectivity index (χ4v) is 3.24. The molecule has 0 aliphatic carbocycles. The summed E-state index contributed by atoms with van der Waals surface area (Å²) in [7, 11) is 0. The molecule has 2 heterocycles. The summed E-state index contributed by atoms with van der Waals surface area (Å²) < 4.78 is 1.90. The molecule has 6 rings (SSSR count). The molecule has 1 radical (unpaired) electrons. The van der Waals surface area contributed by atoms with E-state index < -0.39 is 0 Å². The standard InChI is InChI=1S/C12H8.2C11H8N.Ir/c2*1-3-7-11(8-4-1)12-9-5-2-6-10-12;1-2-6-10(7-3-1)11-8-4-5-9-12-11;/h2*1-7,9H;1-6,8-9H;/q-2;2*-1;. The van der Waals surface area contributed by atoms with E-state index in [0.29, 0.717) is 0 Å². The summed E-state index contributed by atoms with van der Waals surface area (Å²) in [6, 6.07) is 55.7. The van der Waals surface area contributed by atoms with Crippen molar-refractivity contribution < 1.29 is 24.7 Å². The van der Waals surface area contributed by atoms with E-state index >= 15 is 0 Å². The second-order valence-electron chi connectivity index (χ2n) is 7.49. The minimum absolute atomic E-state index is 0. The first-order valence-electron chi connectivity index (χ1n) is 11.6. The topological polar surface area (TPSA) is 16.8 Å². The predicted molar refractivity (Wildman–Crippen MR) is 144 cm³/mol. The summed E-state index contributed by atoms with van der Waals surface area (Å²) in [5.74, 6) is 0. The normalized spacial score (nSPS) is 9.41. The van der Waals surface area contributed by atoms with E-state index in [2.05, 4.69) is 35.4 Å². The number of nitrogens with zero attached hydrogens (tertiary/aromatic N) is 2. The summed E-state index contributed by atoms with van der Waals surface area (Å²) in [4.78, 5) is 4.22. The Kier molecular flexibility index (Phi) is 11.7. The van der Waals surface area contributed by atoms with Gasteiger partial charge in [-0.25, -0.2) is 11.1 Å². The number of hydrogen-bond acceptors (Lipinski definition) is 1. The third-order valence-corrected chi connectivity index (χ3v) is 4.97. The molecule has 2 nitrogen and oxygen atoms in total.